The lowest BCUT2D eigenvalue weighted by Gasteiger charge is -2.24. The van der Waals surface area contributed by atoms with Gasteiger partial charge in [-0.3, -0.25) is 14.4 Å². The summed E-state index contributed by atoms with van der Waals surface area (Å²) in [4.78, 5) is 25.3. The number of carboxylic acids is 1. The fourth-order valence-electron chi connectivity index (χ4n) is 3.37. The van der Waals surface area contributed by atoms with Crippen LogP contribution < -0.4 is 0 Å². The van der Waals surface area contributed by atoms with Gasteiger partial charge in [0, 0.05) is 56.9 Å². The van der Waals surface area contributed by atoms with Crippen molar-refractivity contribution in [3.8, 4) is 0 Å². The Bertz CT molecular complexity index is 674. The molecule has 0 saturated carbocycles. The van der Waals surface area contributed by atoms with Crippen molar-refractivity contribution < 1.29 is 27.9 Å². The van der Waals surface area contributed by atoms with Gasteiger partial charge in [0.05, 0.1) is 6.20 Å². The van der Waals surface area contributed by atoms with Gasteiger partial charge < -0.3 is 10.0 Å². The highest BCUT2D eigenvalue weighted by Crippen LogP contribution is 2.33. The highest BCUT2D eigenvalue weighted by molar-refractivity contribution is 5.80. The molecule has 1 N–H and O–H groups in total. The van der Waals surface area contributed by atoms with E-state index in [4.69, 9.17) is 9.90 Å². The fourth-order valence-corrected chi connectivity index (χ4v) is 3.37. The van der Waals surface area contributed by atoms with E-state index < -0.39 is 12.1 Å². The Hall–Kier alpha value is -2.36. The van der Waals surface area contributed by atoms with E-state index in [1.54, 1.807) is 0 Å². The number of rotatable bonds is 4. The summed E-state index contributed by atoms with van der Waals surface area (Å²) in [5.74, 6) is -2.49. The summed E-state index contributed by atoms with van der Waals surface area (Å²) in [6, 6.07) is 0.745. The molecule has 2 unspecified atom stereocenters. The van der Waals surface area contributed by atoms with Crippen LogP contribution >= 0.6 is 0 Å². The molecule has 1 aromatic heterocycles. The van der Waals surface area contributed by atoms with Gasteiger partial charge in [0.1, 0.15) is 0 Å². The van der Waals surface area contributed by atoms with Crippen molar-refractivity contribution in [1.29, 1.82) is 0 Å². The zero-order valence-electron chi connectivity index (χ0n) is 14.3. The van der Waals surface area contributed by atoms with Crippen LogP contribution in [-0.4, -0.2) is 67.9 Å². The van der Waals surface area contributed by atoms with Crippen LogP contribution in [0.3, 0.4) is 0 Å². The topological polar surface area (TPSA) is 78.7 Å². The minimum absolute atomic E-state index is 0.269. The van der Waals surface area contributed by atoms with E-state index in [2.05, 4.69) is 16.6 Å². The molecule has 2 saturated heterocycles. The van der Waals surface area contributed by atoms with Gasteiger partial charge in [0.25, 0.3) is 0 Å². The van der Waals surface area contributed by atoms with Crippen molar-refractivity contribution in [3.63, 3.8) is 0 Å². The molecule has 0 radical (unpaired) electrons. The zero-order valence-corrected chi connectivity index (χ0v) is 14.3. The number of fused-ring (bicyclic) bond motifs is 1. The Morgan fingerprint density at radius 3 is 2.62 bits per heavy atom. The largest absolute Gasteiger partial charge is 0.490 e. The first-order chi connectivity index (χ1) is 12.1. The molecule has 1 aromatic rings. The first-order valence-electron chi connectivity index (χ1n) is 8.05. The van der Waals surface area contributed by atoms with Gasteiger partial charge in [-0.05, 0) is 6.42 Å². The molecule has 0 spiro atoms. The van der Waals surface area contributed by atoms with Crippen molar-refractivity contribution in [2.24, 2.45) is 7.05 Å². The number of amides is 1. The van der Waals surface area contributed by atoms with Gasteiger partial charge in [0.15, 0.2) is 0 Å². The van der Waals surface area contributed by atoms with Crippen LogP contribution in [0, 0.1) is 0 Å². The van der Waals surface area contributed by atoms with Gasteiger partial charge in [-0.1, -0.05) is 6.08 Å². The molecule has 0 aromatic carbocycles. The second-order valence-corrected chi connectivity index (χ2v) is 6.26. The number of carbonyl (C=O) groups excluding carboxylic acids is 1. The molecule has 10 heteroatoms. The van der Waals surface area contributed by atoms with Crippen LogP contribution in [0.1, 0.15) is 18.4 Å². The molecule has 0 aliphatic carbocycles. The van der Waals surface area contributed by atoms with Crippen LogP contribution in [0.2, 0.25) is 0 Å². The maximum absolute atomic E-state index is 12.0. The number of hydrogen-bond donors (Lipinski definition) is 1. The van der Waals surface area contributed by atoms with Crippen molar-refractivity contribution >= 4 is 11.9 Å². The van der Waals surface area contributed by atoms with Gasteiger partial charge >= 0.3 is 12.1 Å². The van der Waals surface area contributed by atoms with Gasteiger partial charge in [-0.15, -0.1) is 6.58 Å². The SMILES string of the molecule is C=CCN1C(=O)CC2C1CCN2Cc1cnn(C)c1.O=C(O)C(F)(F)F. The third-order valence-electron chi connectivity index (χ3n) is 4.44. The molecule has 2 aliphatic rings. The van der Waals surface area contributed by atoms with Crippen LogP contribution in [0.5, 0.6) is 0 Å². The second-order valence-electron chi connectivity index (χ2n) is 6.26. The summed E-state index contributed by atoms with van der Waals surface area (Å²) in [7, 11) is 1.93. The van der Waals surface area contributed by atoms with E-state index in [1.807, 2.05) is 35.1 Å². The smallest absolute Gasteiger partial charge is 0.475 e. The molecular formula is C16H21F3N4O3. The van der Waals surface area contributed by atoms with E-state index in [-0.39, 0.29) is 5.91 Å². The molecular weight excluding hydrogens is 353 g/mol. The van der Waals surface area contributed by atoms with Gasteiger partial charge in [-0.25, -0.2) is 4.79 Å². The van der Waals surface area contributed by atoms with E-state index >= 15 is 0 Å². The van der Waals surface area contributed by atoms with Crippen molar-refractivity contribution in [3.05, 3.63) is 30.6 Å². The normalized spacial score (nSPS) is 22.8. The Kier molecular flexibility index (Phi) is 6.06. The lowest BCUT2D eigenvalue weighted by molar-refractivity contribution is -0.192. The van der Waals surface area contributed by atoms with Crippen molar-refractivity contribution in [2.45, 2.75) is 37.6 Å². The zero-order chi connectivity index (χ0) is 19.5. The number of aromatic nitrogens is 2. The predicted octanol–water partition coefficient (Wildman–Crippen LogP) is 1.41. The van der Waals surface area contributed by atoms with Crippen LogP contribution in [-0.2, 0) is 23.2 Å². The quantitative estimate of drug-likeness (QED) is 0.807. The summed E-state index contributed by atoms with van der Waals surface area (Å²) in [5.41, 5.74) is 1.22. The number of halogens is 3. The Morgan fingerprint density at radius 1 is 1.46 bits per heavy atom. The minimum Gasteiger partial charge on any atom is -0.475 e. The Labute approximate surface area is 148 Å². The average Bonchev–Trinajstić information content (AvgIpc) is 3.19. The molecule has 2 atom stereocenters. The summed E-state index contributed by atoms with van der Waals surface area (Å²) in [6.07, 6.45) is 2.42. The molecule has 1 amide bonds. The predicted molar refractivity (Wildman–Crippen MR) is 86.0 cm³/mol. The number of nitrogens with zero attached hydrogens (tertiary/aromatic N) is 4. The number of carboxylic acid groups (broad SMARTS) is 1. The van der Waals surface area contributed by atoms with E-state index in [0.29, 0.717) is 25.0 Å². The number of aliphatic carboxylic acids is 1. The van der Waals surface area contributed by atoms with E-state index in [9.17, 15) is 18.0 Å². The minimum atomic E-state index is -5.08. The first kappa shape index (κ1) is 20.0. The lowest BCUT2D eigenvalue weighted by Crippen LogP contribution is -2.37. The maximum Gasteiger partial charge on any atom is 0.490 e. The summed E-state index contributed by atoms with van der Waals surface area (Å²) < 4.78 is 33.6. The standard InChI is InChI=1S/C14H20N4O.C2HF3O2/c1-3-5-18-12-4-6-17(13(12)7-14(18)19)10-11-8-15-16(2)9-11;3-2(4,5)1(6)7/h3,8-9,12-13H,1,4-7,10H2,2H3;(H,6,7). The monoisotopic (exact) mass is 374 g/mol. The van der Waals surface area contributed by atoms with E-state index in [0.717, 1.165) is 19.5 Å². The third-order valence-corrected chi connectivity index (χ3v) is 4.44. The van der Waals surface area contributed by atoms with E-state index in [1.165, 1.54) is 5.56 Å². The highest BCUT2D eigenvalue weighted by Gasteiger charge is 2.45. The number of carbonyl (C=O) groups is 2. The van der Waals surface area contributed by atoms with Crippen molar-refractivity contribution in [2.75, 3.05) is 13.1 Å². The lowest BCUT2D eigenvalue weighted by atomic mass is 10.1. The Morgan fingerprint density at radius 2 is 2.12 bits per heavy atom. The molecule has 144 valence electrons. The van der Waals surface area contributed by atoms with Gasteiger partial charge in [0.2, 0.25) is 5.91 Å². The molecule has 0 bridgehead atoms. The molecule has 2 fully saturated rings. The fraction of sp³-hybridized carbons (Fsp3) is 0.562. The summed E-state index contributed by atoms with van der Waals surface area (Å²) >= 11 is 0. The maximum atomic E-state index is 12.0. The van der Waals surface area contributed by atoms with Crippen LogP contribution in [0.25, 0.3) is 0 Å². The molecule has 26 heavy (non-hydrogen) atoms. The number of likely N-dealkylation sites (tertiary alicyclic amines) is 2. The van der Waals surface area contributed by atoms with Crippen molar-refractivity contribution in [1.82, 2.24) is 19.6 Å². The number of alkyl halides is 3. The first-order valence-corrected chi connectivity index (χ1v) is 8.05. The van der Waals surface area contributed by atoms with Gasteiger partial charge in [-0.2, -0.15) is 18.3 Å². The molecule has 3 heterocycles. The number of aryl methyl sites for hydroxylation is 1. The molecule has 2 aliphatic heterocycles. The van der Waals surface area contributed by atoms with Crippen LogP contribution in [0.15, 0.2) is 25.0 Å². The second kappa shape index (κ2) is 7.90. The highest BCUT2D eigenvalue weighted by atomic mass is 19.4. The Balaban J connectivity index is 0.000000298. The summed E-state index contributed by atoms with van der Waals surface area (Å²) in [6.45, 7) is 6.38. The number of hydrogen-bond acceptors (Lipinski definition) is 4. The summed E-state index contributed by atoms with van der Waals surface area (Å²) in [5, 5.41) is 11.3. The molecule has 7 nitrogen and oxygen atoms in total. The molecule has 3 rings (SSSR count). The average molecular weight is 374 g/mol. The van der Waals surface area contributed by atoms with Crippen LogP contribution in [0.4, 0.5) is 13.2 Å². The third kappa shape index (κ3) is 4.63.